The molecule has 0 saturated heterocycles. The summed E-state index contributed by atoms with van der Waals surface area (Å²) in [5.74, 6) is 7.18. The second kappa shape index (κ2) is 5.59. The van der Waals surface area contributed by atoms with Crippen LogP contribution in [0.25, 0.3) is 0 Å². The topological polar surface area (TPSA) is 84.2 Å². The molecule has 128 valence electrons. The van der Waals surface area contributed by atoms with Crippen molar-refractivity contribution in [3.63, 3.8) is 0 Å². The largest absolute Gasteiger partial charge is 0.325 e. The van der Waals surface area contributed by atoms with E-state index in [4.69, 9.17) is 5.84 Å². The maximum atomic E-state index is 13.2. The molecule has 0 atom stereocenters. The Morgan fingerprint density at radius 1 is 1.08 bits per heavy atom. The molecular weight excluding hydrogens is 302 g/mol. The van der Waals surface area contributed by atoms with Gasteiger partial charge in [0.15, 0.2) is 0 Å². The minimum atomic E-state index is -0.367. The molecule has 2 amide bonds. The van der Waals surface area contributed by atoms with Gasteiger partial charge in [-0.3, -0.25) is 15.0 Å². The van der Waals surface area contributed by atoms with E-state index in [1.165, 1.54) is 19.3 Å². The number of rotatable bonds is 3. The smallest absolute Gasteiger partial charge is 0.267 e. The molecule has 4 N–H and O–H groups in total. The van der Waals surface area contributed by atoms with Gasteiger partial charge in [0.2, 0.25) is 5.91 Å². The first-order valence-corrected chi connectivity index (χ1v) is 8.93. The van der Waals surface area contributed by atoms with Crippen molar-refractivity contribution in [1.82, 2.24) is 5.43 Å². The molecule has 5 rings (SSSR count). The summed E-state index contributed by atoms with van der Waals surface area (Å²) in [4.78, 5) is 25.3. The van der Waals surface area contributed by atoms with E-state index in [1.54, 1.807) is 6.07 Å². The first kappa shape index (κ1) is 15.6. The molecule has 4 aliphatic carbocycles. The Bertz CT molecular complexity index is 663. The standard InChI is InChI=1S/C19H25N3O2/c1-11-3-2-4-15(16(11)17(23)22-20)21-18(24)19-8-12-5-13(9-19)7-14(6-12)10-19/h2-4,12-14H,5-10,20H2,1H3,(H,21,24)(H,22,23). The van der Waals surface area contributed by atoms with Gasteiger partial charge in [0, 0.05) is 0 Å². The first-order chi connectivity index (χ1) is 11.5. The van der Waals surface area contributed by atoms with E-state index in [0.717, 1.165) is 24.8 Å². The lowest BCUT2D eigenvalue weighted by Crippen LogP contribution is -2.51. The van der Waals surface area contributed by atoms with Gasteiger partial charge in [0.05, 0.1) is 16.7 Å². The number of anilines is 1. The van der Waals surface area contributed by atoms with E-state index >= 15 is 0 Å². The number of carbonyl (C=O) groups excluding carboxylic acids is 2. The Kier molecular flexibility index (Phi) is 3.64. The monoisotopic (exact) mass is 327 g/mol. The normalized spacial score (nSPS) is 33.3. The molecule has 0 spiro atoms. The Morgan fingerprint density at radius 3 is 2.21 bits per heavy atom. The van der Waals surface area contributed by atoms with Gasteiger partial charge < -0.3 is 5.32 Å². The number of hydrazine groups is 1. The summed E-state index contributed by atoms with van der Waals surface area (Å²) >= 11 is 0. The van der Waals surface area contributed by atoms with Crippen LogP contribution in [0.1, 0.15) is 54.4 Å². The van der Waals surface area contributed by atoms with Crippen molar-refractivity contribution < 1.29 is 9.59 Å². The number of nitrogens with one attached hydrogen (secondary N) is 2. The summed E-state index contributed by atoms with van der Waals surface area (Å²) in [7, 11) is 0. The zero-order chi connectivity index (χ0) is 16.9. The summed E-state index contributed by atoms with van der Waals surface area (Å²) in [6, 6.07) is 5.50. The van der Waals surface area contributed by atoms with Gasteiger partial charge in [-0.2, -0.15) is 0 Å². The van der Waals surface area contributed by atoms with Crippen molar-refractivity contribution in [2.75, 3.05) is 5.32 Å². The minimum Gasteiger partial charge on any atom is -0.325 e. The van der Waals surface area contributed by atoms with E-state index in [-0.39, 0.29) is 17.2 Å². The number of carbonyl (C=O) groups is 2. The molecule has 0 heterocycles. The lowest BCUT2D eigenvalue weighted by atomic mass is 9.49. The fourth-order valence-corrected chi connectivity index (χ4v) is 5.79. The molecule has 0 aliphatic heterocycles. The number of hydrogen-bond donors (Lipinski definition) is 3. The van der Waals surface area contributed by atoms with Crippen LogP contribution in [0.4, 0.5) is 5.69 Å². The molecule has 0 radical (unpaired) electrons. The number of nitrogen functional groups attached to an aromatic ring is 1. The van der Waals surface area contributed by atoms with Gasteiger partial charge in [-0.1, -0.05) is 12.1 Å². The number of benzene rings is 1. The van der Waals surface area contributed by atoms with Crippen LogP contribution in [0.2, 0.25) is 0 Å². The Balaban J connectivity index is 1.61. The van der Waals surface area contributed by atoms with Crippen LogP contribution in [0.3, 0.4) is 0 Å². The third-order valence-electron chi connectivity index (χ3n) is 6.40. The van der Waals surface area contributed by atoms with Crippen LogP contribution in [0.5, 0.6) is 0 Å². The highest BCUT2D eigenvalue weighted by molar-refractivity contribution is 6.05. The summed E-state index contributed by atoms with van der Waals surface area (Å²) in [6.07, 6.45) is 6.94. The summed E-state index contributed by atoms with van der Waals surface area (Å²) in [5.41, 5.74) is 3.79. The summed E-state index contributed by atoms with van der Waals surface area (Å²) in [6.45, 7) is 1.85. The van der Waals surface area contributed by atoms with E-state index in [2.05, 4.69) is 10.7 Å². The highest BCUT2D eigenvalue weighted by atomic mass is 16.2. The molecule has 0 unspecified atom stereocenters. The third-order valence-corrected chi connectivity index (χ3v) is 6.40. The first-order valence-electron chi connectivity index (χ1n) is 8.93. The van der Waals surface area contributed by atoms with E-state index in [9.17, 15) is 9.59 Å². The quantitative estimate of drug-likeness (QED) is 0.453. The fourth-order valence-electron chi connectivity index (χ4n) is 5.79. The number of nitrogens with two attached hydrogens (primary N) is 1. The minimum absolute atomic E-state index is 0.0956. The molecule has 4 fully saturated rings. The van der Waals surface area contributed by atoms with Crippen molar-refractivity contribution in [3.8, 4) is 0 Å². The fraction of sp³-hybridized carbons (Fsp3) is 0.579. The zero-order valence-electron chi connectivity index (χ0n) is 14.1. The SMILES string of the molecule is Cc1cccc(NC(=O)C23CC4CC(CC(C4)C2)C3)c1C(=O)NN. The van der Waals surface area contributed by atoms with Crippen LogP contribution < -0.4 is 16.6 Å². The predicted molar refractivity (Wildman–Crippen MR) is 92.1 cm³/mol. The highest BCUT2D eigenvalue weighted by Gasteiger charge is 2.54. The predicted octanol–water partition coefficient (Wildman–Crippen LogP) is 2.75. The van der Waals surface area contributed by atoms with Crippen LogP contribution in [0.15, 0.2) is 18.2 Å². The molecule has 1 aromatic carbocycles. The Labute approximate surface area is 142 Å². The lowest BCUT2D eigenvalue weighted by molar-refractivity contribution is -0.140. The molecule has 0 aromatic heterocycles. The van der Waals surface area contributed by atoms with Crippen molar-refractivity contribution in [3.05, 3.63) is 29.3 Å². The van der Waals surface area contributed by atoms with Crippen molar-refractivity contribution in [1.29, 1.82) is 0 Å². The van der Waals surface area contributed by atoms with Gasteiger partial charge in [0.25, 0.3) is 5.91 Å². The summed E-state index contributed by atoms with van der Waals surface area (Å²) < 4.78 is 0. The van der Waals surface area contributed by atoms with Crippen LogP contribution in [0, 0.1) is 30.1 Å². The average Bonchev–Trinajstić information content (AvgIpc) is 2.53. The van der Waals surface area contributed by atoms with Gasteiger partial charge in [0.1, 0.15) is 0 Å². The number of aryl methyl sites for hydroxylation is 1. The molecule has 4 aliphatic rings. The van der Waals surface area contributed by atoms with E-state index in [1.807, 2.05) is 19.1 Å². The molecular formula is C19H25N3O2. The third kappa shape index (κ3) is 2.42. The van der Waals surface area contributed by atoms with Gasteiger partial charge in [-0.05, 0) is 74.8 Å². The molecule has 24 heavy (non-hydrogen) atoms. The maximum absolute atomic E-state index is 13.2. The van der Waals surface area contributed by atoms with E-state index in [0.29, 0.717) is 29.0 Å². The van der Waals surface area contributed by atoms with Crippen LogP contribution >= 0.6 is 0 Å². The van der Waals surface area contributed by atoms with Crippen molar-refractivity contribution in [2.24, 2.45) is 29.0 Å². The van der Waals surface area contributed by atoms with Crippen molar-refractivity contribution >= 4 is 17.5 Å². The van der Waals surface area contributed by atoms with E-state index < -0.39 is 0 Å². The molecule has 5 nitrogen and oxygen atoms in total. The second-order valence-electron chi connectivity index (χ2n) is 8.12. The van der Waals surface area contributed by atoms with Crippen LogP contribution in [-0.2, 0) is 4.79 Å². The Morgan fingerprint density at radius 2 is 1.67 bits per heavy atom. The highest BCUT2D eigenvalue weighted by Crippen LogP contribution is 2.60. The van der Waals surface area contributed by atoms with Crippen LogP contribution in [-0.4, -0.2) is 11.8 Å². The zero-order valence-corrected chi connectivity index (χ0v) is 14.1. The number of amides is 2. The van der Waals surface area contributed by atoms with Gasteiger partial charge in [-0.15, -0.1) is 0 Å². The molecule has 4 saturated carbocycles. The summed E-state index contributed by atoms with van der Waals surface area (Å²) in [5, 5.41) is 3.07. The molecule has 4 bridgehead atoms. The molecule has 1 aromatic rings. The Hall–Kier alpha value is -1.88. The molecule has 5 heteroatoms. The van der Waals surface area contributed by atoms with Gasteiger partial charge in [-0.25, -0.2) is 5.84 Å². The average molecular weight is 327 g/mol. The van der Waals surface area contributed by atoms with Crippen molar-refractivity contribution in [2.45, 2.75) is 45.4 Å². The van der Waals surface area contributed by atoms with Gasteiger partial charge >= 0.3 is 0 Å². The lowest BCUT2D eigenvalue weighted by Gasteiger charge is -2.55. The number of hydrogen-bond acceptors (Lipinski definition) is 3. The maximum Gasteiger partial charge on any atom is 0.267 e. The second-order valence-corrected chi connectivity index (χ2v) is 8.12.